The van der Waals surface area contributed by atoms with Gasteiger partial charge in [-0.15, -0.1) is 22.7 Å². The Bertz CT molecular complexity index is 703. The van der Waals surface area contributed by atoms with Crippen LogP contribution >= 0.6 is 22.7 Å². The second-order valence-electron chi connectivity index (χ2n) is 4.50. The van der Waals surface area contributed by atoms with Crippen LogP contribution < -0.4 is 10.5 Å². The summed E-state index contributed by atoms with van der Waals surface area (Å²) in [6, 6.07) is 1.32. The van der Waals surface area contributed by atoms with Gasteiger partial charge in [-0.1, -0.05) is 0 Å². The summed E-state index contributed by atoms with van der Waals surface area (Å²) in [5.41, 5.74) is 7.20. The molecule has 1 atom stereocenters. The molecule has 5 nitrogen and oxygen atoms in total. The molecule has 0 aliphatic rings. The fourth-order valence-corrected chi connectivity index (χ4v) is 5.35. The molecule has 0 radical (unpaired) electrons. The van der Waals surface area contributed by atoms with Crippen molar-refractivity contribution in [2.24, 2.45) is 5.73 Å². The van der Waals surface area contributed by atoms with Crippen molar-refractivity contribution in [2.75, 3.05) is 0 Å². The molecule has 0 saturated carbocycles. The first-order valence-corrected chi connectivity index (χ1v) is 9.25. The summed E-state index contributed by atoms with van der Waals surface area (Å²) >= 11 is 2.70. The van der Waals surface area contributed by atoms with Crippen LogP contribution in [-0.2, 0) is 16.6 Å². The van der Waals surface area contributed by atoms with Gasteiger partial charge in [0.05, 0.1) is 16.7 Å². The van der Waals surface area contributed by atoms with Gasteiger partial charge in [-0.3, -0.25) is 0 Å². The molecule has 0 aromatic carbocycles. The molecule has 20 heavy (non-hydrogen) atoms. The third-order valence-electron chi connectivity index (χ3n) is 2.79. The van der Waals surface area contributed by atoms with Crippen LogP contribution in [0.25, 0.3) is 0 Å². The van der Waals surface area contributed by atoms with Crippen molar-refractivity contribution in [1.82, 2.24) is 9.71 Å². The van der Waals surface area contributed by atoms with Crippen molar-refractivity contribution >= 4 is 32.7 Å². The Kier molecular flexibility index (Phi) is 4.60. The fourth-order valence-electron chi connectivity index (χ4n) is 1.89. The molecule has 2 aromatic rings. The third kappa shape index (κ3) is 3.26. The number of rotatable bonds is 5. The predicted molar refractivity (Wildman–Crippen MR) is 82.5 cm³/mol. The molecule has 0 aliphatic carbocycles. The molecule has 0 spiro atoms. The summed E-state index contributed by atoms with van der Waals surface area (Å²) < 4.78 is 27.6. The number of nitrogens with one attached hydrogen (secondary N) is 1. The zero-order valence-corrected chi connectivity index (χ0v) is 14.0. The first-order valence-electron chi connectivity index (χ1n) is 6.07. The van der Waals surface area contributed by atoms with E-state index in [0.29, 0.717) is 10.8 Å². The number of thiazole rings is 1. The minimum absolute atomic E-state index is 0.295. The quantitative estimate of drug-likeness (QED) is 0.880. The van der Waals surface area contributed by atoms with E-state index in [1.54, 1.807) is 11.4 Å². The Labute approximate surface area is 126 Å². The highest BCUT2D eigenvalue weighted by Gasteiger charge is 2.22. The number of thiophene rings is 1. The Morgan fingerprint density at radius 1 is 1.45 bits per heavy atom. The zero-order valence-electron chi connectivity index (χ0n) is 11.5. The normalized spacial score (nSPS) is 13.6. The largest absolute Gasteiger partial charge is 0.326 e. The molecule has 0 fully saturated rings. The van der Waals surface area contributed by atoms with Crippen LogP contribution in [0.5, 0.6) is 0 Å². The van der Waals surface area contributed by atoms with Gasteiger partial charge in [-0.05, 0) is 37.8 Å². The monoisotopic (exact) mass is 331 g/mol. The Hall–Kier alpha value is -0.800. The van der Waals surface area contributed by atoms with E-state index >= 15 is 0 Å². The van der Waals surface area contributed by atoms with Crippen LogP contribution in [0.2, 0.25) is 0 Å². The minimum atomic E-state index is -3.51. The molecule has 2 rings (SSSR count). The third-order valence-corrected chi connectivity index (χ3v) is 7.08. The van der Waals surface area contributed by atoms with Gasteiger partial charge in [-0.25, -0.2) is 18.1 Å². The number of nitrogens with zero attached hydrogens (tertiary/aromatic N) is 1. The van der Waals surface area contributed by atoms with Crippen molar-refractivity contribution in [1.29, 1.82) is 0 Å². The lowest BCUT2D eigenvalue weighted by Gasteiger charge is -2.12. The van der Waals surface area contributed by atoms with Crippen LogP contribution in [-0.4, -0.2) is 13.4 Å². The van der Waals surface area contributed by atoms with E-state index in [4.69, 9.17) is 5.73 Å². The molecular formula is C12H17N3O2S3. The van der Waals surface area contributed by atoms with Crippen molar-refractivity contribution in [3.8, 4) is 0 Å². The number of nitrogens with two attached hydrogens (primary N) is 1. The lowest BCUT2D eigenvalue weighted by molar-refractivity contribution is 0.570. The Morgan fingerprint density at radius 2 is 2.15 bits per heavy atom. The van der Waals surface area contributed by atoms with Crippen LogP contribution in [0.1, 0.15) is 34.1 Å². The molecule has 0 amide bonds. The lowest BCUT2D eigenvalue weighted by atomic mass is 10.2. The Balaban J connectivity index is 2.21. The minimum Gasteiger partial charge on any atom is -0.326 e. The number of sulfonamides is 1. The molecule has 2 heterocycles. The first kappa shape index (κ1) is 15.6. The molecule has 0 saturated heterocycles. The number of aromatic nitrogens is 1. The standard InChI is InChI=1S/C12H17N3O2S3/c1-7-12(19-9(3)14-7)8(2)15-20(16,17)11-4-10(5-13)6-18-11/h4,6,8,15H,5,13H2,1-3H3. The molecule has 8 heteroatoms. The smallest absolute Gasteiger partial charge is 0.250 e. The van der Waals surface area contributed by atoms with Gasteiger partial charge in [-0.2, -0.15) is 0 Å². The maximum absolute atomic E-state index is 12.3. The second-order valence-corrected chi connectivity index (χ2v) is 8.59. The summed E-state index contributed by atoms with van der Waals surface area (Å²) in [4.78, 5) is 5.27. The predicted octanol–water partition coefficient (Wildman–Crippen LogP) is 2.32. The van der Waals surface area contributed by atoms with Gasteiger partial charge < -0.3 is 5.73 Å². The first-order chi connectivity index (χ1) is 9.33. The molecular weight excluding hydrogens is 314 g/mol. The number of hydrogen-bond donors (Lipinski definition) is 2. The fraction of sp³-hybridized carbons (Fsp3) is 0.417. The van der Waals surface area contributed by atoms with Crippen molar-refractivity contribution in [2.45, 2.75) is 37.6 Å². The maximum Gasteiger partial charge on any atom is 0.250 e. The summed E-state index contributed by atoms with van der Waals surface area (Å²) in [5, 5.41) is 2.70. The average Bonchev–Trinajstić information content (AvgIpc) is 2.95. The van der Waals surface area contributed by atoms with Crippen molar-refractivity contribution in [3.05, 3.63) is 32.6 Å². The van der Waals surface area contributed by atoms with Gasteiger partial charge in [0.2, 0.25) is 0 Å². The van der Waals surface area contributed by atoms with Crippen LogP contribution in [0.15, 0.2) is 15.7 Å². The van der Waals surface area contributed by atoms with E-state index in [1.807, 2.05) is 20.8 Å². The van der Waals surface area contributed by atoms with Crippen molar-refractivity contribution in [3.63, 3.8) is 0 Å². The topological polar surface area (TPSA) is 85.1 Å². The maximum atomic E-state index is 12.3. The van der Waals surface area contributed by atoms with Gasteiger partial charge in [0.25, 0.3) is 10.0 Å². The van der Waals surface area contributed by atoms with Gasteiger partial charge in [0, 0.05) is 11.4 Å². The summed E-state index contributed by atoms with van der Waals surface area (Å²) in [6.07, 6.45) is 0. The highest BCUT2D eigenvalue weighted by molar-refractivity contribution is 7.91. The summed E-state index contributed by atoms with van der Waals surface area (Å²) in [5.74, 6) is 0. The van der Waals surface area contributed by atoms with Gasteiger partial charge >= 0.3 is 0 Å². The van der Waals surface area contributed by atoms with E-state index in [1.165, 1.54) is 22.7 Å². The van der Waals surface area contributed by atoms with Crippen LogP contribution in [0.3, 0.4) is 0 Å². The molecule has 1 unspecified atom stereocenters. The van der Waals surface area contributed by atoms with E-state index in [0.717, 1.165) is 21.1 Å². The summed E-state index contributed by atoms with van der Waals surface area (Å²) in [6.45, 7) is 5.97. The van der Waals surface area contributed by atoms with Gasteiger partial charge in [0.1, 0.15) is 4.21 Å². The molecule has 110 valence electrons. The van der Waals surface area contributed by atoms with Crippen molar-refractivity contribution < 1.29 is 8.42 Å². The molecule has 2 aromatic heterocycles. The van der Waals surface area contributed by atoms with E-state index in [2.05, 4.69) is 9.71 Å². The SMILES string of the molecule is Cc1nc(C)c(C(C)NS(=O)(=O)c2cc(CN)cs2)s1. The average molecular weight is 331 g/mol. The molecule has 0 aliphatic heterocycles. The molecule has 0 bridgehead atoms. The highest BCUT2D eigenvalue weighted by Crippen LogP contribution is 2.27. The van der Waals surface area contributed by atoms with Crippen LogP contribution in [0.4, 0.5) is 0 Å². The number of aryl methyl sites for hydroxylation is 2. The van der Waals surface area contributed by atoms with E-state index in [9.17, 15) is 8.42 Å². The lowest BCUT2D eigenvalue weighted by Crippen LogP contribution is -2.26. The van der Waals surface area contributed by atoms with E-state index in [-0.39, 0.29) is 6.04 Å². The Morgan fingerprint density at radius 3 is 2.65 bits per heavy atom. The summed E-state index contributed by atoms with van der Waals surface area (Å²) in [7, 11) is -3.51. The highest BCUT2D eigenvalue weighted by atomic mass is 32.2. The number of hydrogen-bond acceptors (Lipinski definition) is 6. The van der Waals surface area contributed by atoms with E-state index < -0.39 is 10.0 Å². The second kappa shape index (κ2) is 5.90. The zero-order chi connectivity index (χ0) is 14.9. The van der Waals surface area contributed by atoms with Gasteiger partial charge in [0.15, 0.2) is 0 Å². The van der Waals surface area contributed by atoms with Crippen LogP contribution in [0, 0.1) is 13.8 Å². The molecule has 3 N–H and O–H groups in total.